The van der Waals surface area contributed by atoms with E-state index in [1.807, 2.05) is 85.4 Å². The first-order valence-electron chi connectivity index (χ1n) is 14.6. The number of hydrogen-bond acceptors (Lipinski definition) is 5. The van der Waals surface area contributed by atoms with E-state index in [2.05, 4.69) is 47.6 Å². The standard InChI is InChI=1S/C24H21ClN2O.C9H13NO.C4H6N2/c1-16-6-8-17(9-7-16)15-26-20-10-11-23-22(13-20)21(14-24(28)27(23)2)18-4-3-5-19(25)12-18;1-7(10)8-3-5-9(11-2)6-4-8;1-6-3-2-5-4-6/h3-14,26H,15H2,1-2H3;3-7H,10H2,1-2H3;2-4H,1H3/t;7-;/m.0./s1. The van der Waals surface area contributed by atoms with E-state index in [4.69, 9.17) is 22.1 Å². The minimum atomic E-state index is -0.0390. The van der Waals surface area contributed by atoms with Crippen LogP contribution in [0.2, 0.25) is 5.02 Å². The Morgan fingerprint density at radius 2 is 1.69 bits per heavy atom. The predicted molar refractivity (Wildman–Crippen MR) is 187 cm³/mol. The number of halogens is 1. The van der Waals surface area contributed by atoms with Gasteiger partial charge < -0.3 is 24.9 Å². The van der Waals surface area contributed by atoms with E-state index in [-0.39, 0.29) is 11.6 Å². The Morgan fingerprint density at radius 3 is 2.27 bits per heavy atom. The maximum absolute atomic E-state index is 12.4. The van der Waals surface area contributed by atoms with Crippen molar-refractivity contribution < 1.29 is 4.74 Å². The average Bonchev–Trinajstić information content (AvgIpc) is 3.54. The molecule has 7 nitrogen and oxygen atoms in total. The summed E-state index contributed by atoms with van der Waals surface area (Å²) in [5.41, 5.74) is 13.0. The van der Waals surface area contributed by atoms with Gasteiger partial charge in [0.15, 0.2) is 0 Å². The Labute approximate surface area is 269 Å². The monoisotopic (exact) mass is 621 g/mol. The third-order valence-corrected chi connectivity index (χ3v) is 7.51. The number of ether oxygens (including phenoxy) is 1. The highest BCUT2D eigenvalue weighted by atomic mass is 35.5. The number of nitrogens with one attached hydrogen (secondary N) is 1. The molecule has 2 aromatic heterocycles. The molecule has 45 heavy (non-hydrogen) atoms. The van der Waals surface area contributed by atoms with Crippen LogP contribution in [-0.2, 0) is 20.6 Å². The largest absolute Gasteiger partial charge is 0.497 e. The number of aryl methyl sites for hydroxylation is 3. The summed E-state index contributed by atoms with van der Waals surface area (Å²) >= 11 is 6.18. The van der Waals surface area contributed by atoms with Crippen molar-refractivity contribution in [2.75, 3.05) is 12.4 Å². The number of benzene rings is 4. The quantitative estimate of drug-likeness (QED) is 0.197. The lowest BCUT2D eigenvalue weighted by Gasteiger charge is -2.13. The zero-order valence-electron chi connectivity index (χ0n) is 26.4. The van der Waals surface area contributed by atoms with Gasteiger partial charge in [-0.05, 0) is 78.6 Å². The van der Waals surface area contributed by atoms with Crippen LogP contribution in [-0.4, -0.2) is 21.2 Å². The van der Waals surface area contributed by atoms with E-state index in [1.54, 1.807) is 37.3 Å². The lowest BCUT2D eigenvalue weighted by Crippen LogP contribution is -2.16. The smallest absolute Gasteiger partial charge is 0.251 e. The molecule has 1 atom stereocenters. The van der Waals surface area contributed by atoms with Crippen molar-refractivity contribution in [1.82, 2.24) is 14.1 Å². The molecule has 0 fully saturated rings. The Bertz CT molecular complexity index is 1860. The summed E-state index contributed by atoms with van der Waals surface area (Å²) in [6.07, 6.45) is 5.39. The molecule has 0 aliphatic rings. The van der Waals surface area contributed by atoms with Crippen molar-refractivity contribution in [3.63, 3.8) is 0 Å². The van der Waals surface area contributed by atoms with E-state index < -0.39 is 0 Å². The maximum atomic E-state index is 12.4. The molecule has 0 aliphatic carbocycles. The van der Waals surface area contributed by atoms with Crippen LogP contribution in [0.5, 0.6) is 5.75 Å². The lowest BCUT2D eigenvalue weighted by atomic mass is 10.0. The number of rotatable bonds is 6. The van der Waals surface area contributed by atoms with Crippen LogP contribution < -0.4 is 21.3 Å². The van der Waals surface area contributed by atoms with Crippen LogP contribution in [0, 0.1) is 6.92 Å². The Morgan fingerprint density at radius 1 is 0.956 bits per heavy atom. The van der Waals surface area contributed by atoms with Crippen molar-refractivity contribution in [2.45, 2.75) is 26.4 Å². The highest BCUT2D eigenvalue weighted by molar-refractivity contribution is 6.30. The molecule has 3 N–H and O–H groups in total. The Hall–Kier alpha value is -4.85. The first-order chi connectivity index (χ1) is 21.6. The van der Waals surface area contributed by atoms with Crippen LogP contribution in [0.3, 0.4) is 0 Å². The van der Waals surface area contributed by atoms with Gasteiger partial charge in [0.2, 0.25) is 0 Å². The SMILES string of the molecule is COc1ccc([C@H](C)N)cc1.Cc1ccc(CNc2ccc3c(c2)c(-c2cccc(Cl)c2)cc(=O)n3C)cc1.Cn1ccnc1. The van der Waals surface area contributed by atoms with Crippen molar-refractivity contribution in [3.8, 4) is 16.9 Å². The number of pyridine rings is 1. The summed E-state index contributed by atoms with van der Waals surface area (Å²) in [6, 6.07) is 31.8. The molecular formula is C37H40ClN5O2. The molecule has 0 spiro atoms. The Kier molecular flexibility index (Phi) is 11.6. The fourth-order valence-corrected chi connectivity index (χ4v) is 4.80. The number of anilines is 1. The maximum Gasteiger partial charge on any atom is 0.251 e. The van der Waals surface area contributed by atoms with Crippen molar-refractivity contribution in [3.05, 3.63) is 148 Å². The van der Waals surface area contributed by atoms with Crippen LogP contribution in [0.4, 0.5) is 5.69 Å². The molecular weight excluding hydrogens is 582 g/mol. The molecule has 4 aromatic carbocycles. The molecule has 0 unspecified atom stereocenters. The summed E-state index contributed by atoms with van der Waals surface area (Å²) < 4.78 is 8.57. The second-order valence-corrected chi connectivity index (χ2v) is 11.3. The molecule has 0 aliphatic heterocycles. The first kappa shape index (κ1) is 33.1. The van der Waals surface area contributed by atoms with Gasteiger partial charge in [-0.15, -0.1) is 0 Å². The number of fused-ring (bicyclic) bond motifs is 1. The Balaban J connectivity index is 0.000000221. The van der Waals surface area contributed by atoms with Gasteiger partial charge in [-0.1, -0.05) is 65.7 Å². The number of imidazole rings is 1. The third kappa shape index (κ3) is 9.32. The molecule has 6 rings (SSSR count). The summed E-state index contributed by atoms with van der Waals surface area (Å²) in [4.78, 5) is 16.2. The van der Waals surface area contributed by atoms with Crippen LogP contribution in [0.1, 0.15) is 29.7 Å². The molecule has 0 radical (unpaired) electrons. The highest BCUT2D eigenvalue weighted by Gasteiger charge is 2.10. The number of nitrogens with two attached hydrogens (primary N) is 1. The molecule has 2 heterocycles. The van der Waals surface area contributed by atoms with E-state index in [9.17, 15) is 4.79 Å². The molecule has 6 aromatic rings. The second-order valence-electron chi connectivity index (χ2n) is 10.8. The highest BCUT2D eigenvalue weighted by Crippen LogP contribution is 2.30. The van der Waals surface area contributed by atoms with Crippen LogP contribution in [0.25, 0.3) is 22.0 Å². The number of nitrogens with zero attached hydrogens (tertiary/aromatic N) is 3. The van der Waals surface area contributed by atoms with Crippen LogP contribution >= 0.6 is 11.6 Å². The second kappa shape index (κ2) is 15.7. The first-order valence-corrected chi connectivity index (χ1v) is 15.0. The lowest BCUT2D eigenvalue weighted by molar-refractivity contribution is 0.414. The fourth-order valence-electron chi connectivity index (χ4n) is 4.61. The normalized spacial score (nSPS) is 11.1. The van der Waals surface area contributed by atoms with E-state index in [1.165, 1.54) is 11.1 Å². The average molecular weight is 622 g/mol. The number of hydrogen-bond donors (Lipinski definition) is 2. The number of methoxy groups -OCH3 is 1. The van der Waals surface area contributed by atoms with Gasteiger partial charge in [-0.25, -0.2) is 4.98 Å². The van der Waals surface area contributed by atoms with Gasteiger partial charge in [0.25, 0.3) is 5.56 Å². The summed E-state index contributed by atoms with van der Waals surface area (Å²) in [5, 5.41) is 5.15. The number of aromatic nitrogens is 3. The van der Waals surface area contributed by atoms with Crippen LogP contribution in [0.15, 0.2) is 121 Å². The molecule has 0 saturated carbocycles. The van der Waals surface area contributed by atoms with E-state index in [0.717, 1.165) is 45.6 Å². The minimum Gasteiger partial charge on any atom is -0.497 e. The molecule has 0 bridgehead atoms. The molecule has 8 heteroatoms. The molecule has 0 amide bonds. The summed E-state index contributed by atoms with van der Waals surface area (Å²) in [7, 11) is 5.39. The van der Waals surface area contributed by atoms with Gasteiger partial charge in [0.1, 0.15) is 5.75 Å². The van der Waals surface area contributed by atoms with E-state index in [0.29, 0.717) is 5.02 Å². The van der Waals surface area contributed by atoms with Gasteiger partial charge >= 0.3 is 0 Å². The summed E-state index contributed by atoms with van der Waals surface area (Å²) in [6.45, 7) is 4.79. The topological polar surface area (TPSA) is 87.1 Å². The zero-order valence-corrected chi connectivity index (χ0v) is 27.1. The third-order valence-electron chi connectivity index (χ3n) is 7.28. The van der Waals surface area contributed by atoms with Gasteiger partial charge in [0, 0.05) is 61.2 Å². The van der Waals surface area contributed by atoms with Gasteiger partial charge in [-0.2, -0.15) is 0 Å². The van der Waals surface area contributed by atoms with Crippen molar-refractivity contribution >= 4 is 28.2 Å². The summed E-state index contributed by atoms with van der Waals surface area (Å²) in [5.74, 6) is 0.870. The van der Waals surface area contributed by atoms with Gasteiger partial charge in [-0.3, -0.25) is 4.79 Å². The molecule has 0 saturated heterocycles. The zero-order chi connectivity index (χ0) is 32.3. The van der Waals surface area contributed by atoms with Gasteiger partial charge in [0.05, 0.1) is 19.0 Å². The fraction of sp³-hybridized carbons (Fsp3) is 0.189. The minimum absolute atomic E-state index is 0.0390. The predicted octanol–water partition coefficient (Wildman–Crippen LogP) is 7.91. The van der Waals surface area contributed by atoms with Crippen molar-refractivity contribution in [1.29, 1.82) is 0 Å². The van der Waals surface area contributed by atoms with E-state index >= 15 is 0 Å². The van der Waals surface area contributed by atoms with Crippen molar-refractivity contribution in [2.24, 2.45) is 19.8 Å². The molecule has 232 valence electrons.